The van der Waals surface area contributed by atoms with Gasteiger partial charge < -0.3 is 8.85 Å². The first-order chi connectivity index (χ1) is 28.3. The van der Waals surface area contributed by atoms with Crippen molar-refractivity contribution in [2.24, 2.45) is 0 Å². The lowest BCUT2D eigenvalue weighted by Crippen LogP contribution is -2.67. The van der Waals surface area contributed by atoms with E-state index >= 15 is 0 Å². The second kappa shape index (κ2) is 12.3. The molecular formula is C52H34N2O2Si. The van der Waals surface area contributed by atoms with Crippen LogP contribution in [0.2, 0.25) is 0 Å². The van der Waals surface area contributed by atoms with Crippen LogP contribution in [-0.4, -0.2) is 8.88 Å². The summed E-state index contributed by atoms with van der Waals surface area (Å²) >= 11 is 0. The first-order valence-corrected chi connectivity index (χ1v) is 21.1. The second-order valence-corrected chi connectivity index (χ2v) is 17.2. The van der Waals surface area contributed by atoms with Crippen molar-refractivity contribution in [3.8, 4) is 33.8 Å². The molecule has 0 bridgehead atoms. The number of hydrogen-bond donors (Lipinski definition) is 0. The molecule has 5 heteroatoms. The summed E-state index contributed by atoms with van der Waals surface area (Å²) in [5.74, 6) is 1.61. The van der Waals surface area contributed by atoms with E-state index in [1.165, 1.54) is 54.6 Å². The van der Waals surface area contributed by atoms with Crippen molar-refractivity contribution in [2.45, 2.75) is 0 Å². The number of hydrogen-bond acceptors (Lipinski definition) is 4. The smallest absolute Gasteiger partial charge is 0.478 e. The average molecular weight is 747 g/mol. The maximum atomic E-state index is 7.38. The van der Waals surface area contributed by atoms with Gasteiger partial charge in [-0.1, -0.05) is 170 Å². The normalized spacial score (nSPS) is 14.0. The maximum absolute atomic E-state index is 7.38. The molecule has 0 aliphatic carbocycles. The standard InChI is InChI=1S/C52H34N2O2Si/c1-3-19-37-35(15-1)17-13-25-39(37)43-31-33-47(45-23-7-5-21-41(43)45)53-49-27-9-11-29-51(49)55-57(53)54(50-28-10-12-30-52(50)56-57)48-34-32-44(42-22-6-8-24-46(42)48)40-26-14-18-36-16-2-4-20-38(36)40/h1-34H. The van der Waals surface area contributed by atoms with Crippen molar-refractivity contribution in [1.29, 1.82) is 0 Å². The minimum atomic E-state index is -3.67. The van der Waals surface area contributed by atoms with Gasteiger partial charge in [-0.3, -0.25) is 9.13 Å². The molecule has 0 amide bonds. The van der Waals surface area contributed by atoms with Crippen molar-refractivity contribution < 1.29 is 8.85 Å². The van der Waals surface area contributed by atoms with Crippen LogP contribution in [0.5, 0.6) is 11.5 Å². The summed E-state index contributed by atoms with van der Waals surface area (Å²) in [5.41, 5.74) is 8.87. The molecule has 268 valence electrons. The number of anilines is 4. The molecule has 0 fully saturated rings. The molecule has 0 unspecified atom stereocenters. The van der Waals surface area contributed by atoms with Gasteiger partial charge in [0, 0.05) is 22.1 Å². The molecule has 0 saturated carbocycles. The summed E-state index contributed by atoms with van der Waals surface area (Å²) < 4.78 is 19.6. The van der Waals surface area contributed by atoms with Crippen LogP contribution < -0.4 is 18.0 Å². The van der Waals surface area contributed by atoms with E-state index in [0.29, 0.717) is 0 Å². The van der Waals surface area contributed by atoms with Crippen LogP contribution in [0.1, 0.15) is 0 Å². The molecule has 2 aliphatic heterocycles. The second-order valence-electron chi connectivity index (χ2n) is 14.8. The van der Waals surface area contributed by atoms with Crippen molar-refractivity contribution in [3.63, 3.8) is 0 Å². The zero-order valence-corrected chi connectivity index (χ0v) is 31.8. The van der Waals surface area contributed by atoms with Crippen LogP contribution in [-0.2, 0) is 0 Å². The molecule has 0 aromatic heterocycles. The van der Waals surface area contributed by atoms with Gasteiger partial charge >= 0.3 is 8.88 Å². The quantitative estimate of drug-likeness (QED) is 0.167. The van der Waals surface area contributed by atoms with E-state index in [1.54, 1.807) is 0 Å². The summed E-state index contributed by atoms with van der Waals surface area (Å²) in [5, 5.41) is 9.53. The summed E-state index contributed by atoms with van der Waals surface area (Å²) in [6, 6.07) is 73.8. The molecule has 0 N–H and O–H groups in total. The topological polar surface area (TPSA) is 24.9 Å². The summed E-state index contributed by atoms with van der Waals surface area (Å²) in [7, 11) is -3.67. The van der Waals surface area contributed by atoms with Gasteiger partial charge in [0.05, 0.1) is 11.4 Å². The summed E-state index contributed by atoms with van der Waals surface area (Å²) in [6.45, 7) is 0. The molecule has 0 radical (unpaired) electrons. The lowest BCUT2D eigenvalue weighted by Gasteiger charge is -2.37. The van der Waals surface area contributed by atoms with E-state index < -0.39 is 8.88 Å². The maximum Gasteiger partial charge on any atom is 0.734 e. The van der Waals surface area contributed by atoms with Gasteiger partial charge in [0.25, 0.3) is 0 Å². The Morgan fingerprint density at radius 1 is 0.263 bits per heavy atom. The Bertz CT molecular complexity index is 3020. The highest BCUT2D eigenvalue weighted by Gasteiger charge is 2.68. The minimum absolute atomic E-state index is 0.806. The molecule has 10 aromatic rings. The fourth-order valence-corrected chi connectivity index (χ4v) is 12.8. The van der Waals surface area contributed by atoms with Crippen LogP contribution in [0.3, 0.4) is 0 Å². The van der Waals surface area contributed by atoms with E-state index in [0.717, 1.165) is 45.0 Å². The van der Waals surface area contributed by atoms with Crippen LogP contribution >= 0.6 is 0 Å². The van der Waals surface area contributed by atoms with Crippen molar-refractivity contribution >= 4 is 74.7 Å². The van der Waals surface area contributed by atoms with Gasteiger partial charge in [-0.25, -0.2) is 0 Å². The van der Waals surface area contributed by atoms with Gasteiger partial charge in [0.1, 0.15) is 11.5 Å². The van der Waals surface area contributed by atoms with E-state index in [2.05, 4.69) is 203 Å². The van der Waals surface area contributed by atoms with Gasteiger partial charge in [0.15, 0.2) is 0 Å². The monoisotopic (exact) mass is 746 g/mol. The van der Waals surface area contributed by atoms with Crippen LogP contribution in [0, 0.1) is 0 Å². The fourth-order valence-electron chi connectivity index (χ4n) is 9.26. The van der Waals surface area contributed by atoms with E-state index in [1.807, 2.05) is 12.1 Å². The highest BCUT2D eigenvalue weighted by molar-refractivity contribution is 6.82. The van der Waals surface area contributed by atoms with Gasteiger partial charge in [-0.15, -0.1) is 0 Å². The zero-order chi connectivity index (χ0) is 37.5. The Kier molecular flexibility index (Phi) is 6.91. The Hall–Kier alpha value is -7.34. The molecule has 4 nitrogen and oxygen atoms in total. The van der Waals surface area contributed by atoms with Crippen LogP contribution in [0.25, 0.3) is 65.3 Å². The molecular weight excluding hydrogens is 713 g/mol. The predicted octanol–water partition coefficient (Wildman–Crippen LogP) is 13.8. The fraction of sp³-hybridized carbons (Fsp3) is 0. The van der Waals surface area contributed by atoms with Crippen LogP contribution in [0.15, 0.2) is 206 Å². The molecule has 0 saturated heterocycles. The highest BCUT2D eigenvalue weighted by atomic mass is 28.4. The molecule has 12 rings (SSSR count). The van der Waals surface area contributed by atoms with E-state index in [4.69, 9.17) is 8.85 Å². The van der Waals surface area contributed by atoms with Crippen LogP contribution in [0.4, 0.5) is 22.7 Å². The molecule has 2 aliphatic rings. The third kappa shape index (κ3) is 4.67. The lowest BCUT2D eigenvalue weighted by molar-refractivity contribution is 0.414. The Labute approximate surface area is 331 Å². The van der Waals surface area contributed by atoms with E-state index in [9.17, 15) is 0 Å². The zero-order valence-electron chi connectivity index (χ0n) is 30.8. The lowest BCUT2D eigenvalue weighted by atomic mass is 9.93. The molecule has 10 aromatic carbocycles. The number of para-hydroxylation sites is 4. The third-order valence-electron chi connectivity index (χ3n) is 11.7. The first-order valence-electron chi connectivity index (χ1n) is 19.4. The SMILES string of the molecule is c1ccc2c(c1)O[Si]1(Oc3ccccc3N1c1ccc(-c3cccc4ccccc34)c3ccccc13)N2c1ccc(-c2cccc3ccccc23)c2ccccc12. The Morgan fingerprint density at radius 2 is 0.614 bits per heavy atom. The van der Waals surface area contributed by atoms with Crippen molar-refractivity contribution in [2.75, 3.05) is 9.13 Å². The number of rotatable bonds is 4. The predicted molar refractivity (Wildman–Crippen MR) is 238 cm³/mol. The largest absolute Gasteiger partial charge is 0.734 e. The Balaban J connectivity index is 1.11. The molecule has 1 spiro atoms. The summed E-state index contributed by atoms with van der Waals surface area (Å²) in [4.78, 5) is 0. The summed E-state index contributed by atoms with van der Waals surface area (Å²) in [6.07, 6.45) is 0. The number of benzene rings is 10. The van der Waals surface area contributed by atoms with Gasteiger partial charge in [-0.05, 0) is 91.0 Å². The highest BCUT2D eigenvalue weighted by Crippen LogP contribution is 2.57. The Morgan fingerprint density at radius 3 is 1.09 bits per heavy atom. The minimum Gasteiger partial charge on any atom is -0.478 e. The number of fused-ring (bicyclic) bond motifs is 6. The molecule has 0 atom stereocenters. The third-order valence-corrected chi connectivity index (χ3v) is 14.8. The van der Waals surface area contributed by atoms with Crippen molar-refractivity contribution in [3.05, 3.63) is 206 Å². The van der Waals surface area contributed by atoms with Gasteiger partial charge in [-0.2, -0.15) is 0 Å². The van der Waals surface area contributed by atoms with E-state index in [-0.39, 0.29) is 0 Å². The first kappa shape index (κ1) is 32.0. The number of nitrogens with zero attached hydrogens (tertiary/aromatic N) is 2. The molecule has 57 heavy (non-hydrogen) atoms. The van der Waals surface area contributed by atoms with Crippen molar-refractivity contribution in [1.82, 2.24) is 0 Å². The molecule has 2 heterocycles. The van der Waals surface area contributed by atoms with Gasteiger partial charge in [0.2, 0.25) is 0 Å². The average Bonchev–Trinajstić information content (AvgIpc) is 3.78.